The minimum absolute atomic E-state index is 0.0208. The Labute approximate surface area is 182 Å². The first-order chi connectivity index (χ1) is 14.5. The molecule has 7 nitrogen and oxygen atoms in total. The van der Waals surface area contributed by atoms with Crippen LogP contribution in [0.5, 0.6) is 0 Å². The second kappa shape index (κ2) is 8.48. The van der Waals surface area contributed by atoms with Crippen molar-refractivity contribution in [1.82, 2.24) is 14.3 Å². The van der Waals surface area contributed by atoms with E-state index in [0.717, 1.165) is 16.9 Å². The van der Waals surface area contributed by atoms with Gasteiger partial charge in [0.15, 0.2) is 5.82 Å². The molecule has 1 aromatic heterocycles. The fraction of sp³-hybridized carbons (Fsp3) is 0.0476. The number of rotatable bonds is 6. The lowest BCUT2D eigenvalue weighted by molar-refractivity contribution is -0.384. The quantitative estimate of drug-likeness (QED) is 0.238. The van der Waals surface area contributed by atoms with Crippen LogP contribution in [0.15, 0.2) is 78.9 Å². The zero-order valence-electron chi connectivity index (χ0n) is 15.6. The SMILES string of the molecule is O=[N+]([O-])c1ccc(-c2nc(=S)n(CNc3ccc(Cl)cc3)n2-c2ccccc2)cc1. The third kappa shape index (κ3) is 4.10. The van der Waals surface area contributed by atoms with Crippen LogP contribution >= 0.6 is 23.8 Å². The summed E-state index contributed by atoms with van der Waals surface area (Å²) >= 11 is 11.5. The Morgan fingerprint density at radius 3 is 2.30 bits per heavy atom. The standard InChI is InChI=1S/C21H16ClN5O2S/c22-16-8-10-17(11-9-16)23-14-25-21(30)24-20(26(25)18-4-2-1-3-5-18)15-6-12-19(13-7-15)27(28)29/h1-13,23H,14H2. The number of nitro groups is 1. The van der Waals surface area contributed by atoms with Gasteiger partial charge in [-0.1, -0.05) is 29.8 Å². The summed E-state index contributed by atoms with van der Waals surface area (Å²) in [6.07, 6.45) is 0. The van der Waals surface area contributed by atoms with E-state index in [9.17, 15) is 10.1 Å². The number of hydrogen-bond donors (Lipinski definition) is 1. The van der Waals surface area contributed by atoms with Crippen LogP contribution in [0.2, 0.25) is 5.02 Å². The lowest BCUT2D eigenvalue weighted by atomic mass is 10.2. The van der Waals surface area contributed by atoms with Gasteiger partial charge in [0, 0.05) is 28.4 Å². The van der Waals surface area contributed by atoms with Crippen LogP contribution < -0.4 is 5.32 Å². The van der Waals surface area contributed by atoms with Crippen molar-refractivity contribution in [1.29, 1.82) is 0 Å². The molecule has 30 heavy (non-hydrogen) atoms. The molecule has 0 amide bonds. The zero-order valence-corrected chi connectivity index (χ0v) is 17.2. The van der Waals surface area contributed by atoms with Crippen molar-refractivity contribution in [2.45, 2.75) is 6.67 Å². The third-order valence-electron chi connectivity index (χ3n) is 4.48. The molecule has 0 unspecified atom stereocenters. The predicted octanol–water partition coefficient (Wildman–Crippen LogP) is 5.70. The van der Waals surface area contributed by atoms with Crippen LogP contribution in [0.3, 0.4) is 0 Å². The number of hydrogen-bond acceptors (Lipinski definition) is 5. The average molecular weight is 438 g/mol. The van der Waals surface area contributed by atoms with Crippen molar-refractivity contribution in [3.63, 3.8) is 0 Å². The Hall–Kier alpha value is -3.49. The zero-order chi connectivity index (χ0) is 21.1. The van der Waals surface area contributed by atoms with Crippen molar-refractivity contribution in [2.75, 3.05) is 5.32 Å². The summed E-state index contributed by atoms with van der Waals surface area (Å²) in [5.74, 6) is 0.596. The van der Waals surface area contributed by atoms with Gasteiger partial charge in [-0.2, -0.15) is 4.98 Å². The average Bonchev–Trinajstić information content (AvgIpc) is 3.10. The first kappa shape index (κ1) is 19.8. The maximum Gasteiger partial charge on any atom is 0.269 e. The van der Waals surface area contributed by atoms with Gasteiger partial charge in [0.25, 0.3) is 5.69 Å². The Balaban J connectivity index is 1.77. The summed E-state index contributed by atoms with van der Waals surface area (Å²) in [6.45, 7) is 0.370. The van der Waals surface area contributed by atoms with E-state index in [1.54, 1.807) is 24.3 Å². The topological polar surface area (TPSA) is 77.9 Å². The second-order valence-corrected chi connectivity index (χ2v) is 7.21. The highest BCUT2D eigenvalue weighted by molar-refractivity contribution is 7.71. The summed E-state index contributed by atoms with van der Waals surface area (Å²) in [6, 6.07) is 23.3. The monoisotopic (exact) mass is 437 g/mol. The van der Waals surface area contributed by atoms with E-state index in [1.807, 2.05) is 51.8 Å². The highest BCUT2D eigenvalue weighted by atomic mass is 35.5. The van der Waals surface area contributed by atoms with Crippen LogP contribution in [-0.4, -0.2) is 19.3 Å². The lowest BCUT2D eigenvalue weighted by Gasteiger charge is -2.15. The molecule has 3 aromatic carbocycles. The van der Waals surface area contributed by atoms with E-state index in [4.69, 9.17) is 23.8 Å². The van der Waals surface area contributed by atoms with Crippen LogP contribution in [0.25, 0.3) is 17.1 Å². The van der Waals surface area contributed by atoms with Crippen LogP contribution in [-0.2, 0) is 6.67 Å². The van der Waals surface area contributed by atoms with Crippen LogP contribution in [0.4, 0.5) is 11.4 Å². The minimum atomic E-state index is -0.428. The lowest BCUT2D eigenvalue weighted by Crippen LogP contribution is -2.17. The number of halogens is 1. The molecule has 1 heterocycles. The summed E-state index contributed by atoms with van der Waals surface area (Å²) in [4.78, 5) is 15.1. The summed E-state index contributed by atoms with van der Waals surface area (Å²) in [7, 11) is 0. The molecular weight excluding hydrogens is 422 g/mol. The van der Waals surface area contributed by atoms with E-state index in [-0.39, 0.29) is 5.69 Å². The second-order valence-electron chi connectivity index (χ2n) is 6.41. The molecule has 4 aromatic rings. The number of para-hydroxylation sites is 1. The minimum Gasteiger partial charge on any atom is -0.366 e. The molecule has 0 spiro atoms. The summed E-state index contributed by atoms with van der Waals surface area (Å²) in [5, 5.41) is 15.0. The van der Waals surface area contributed by atoms with Crippen LogP contribution in [0, 0.1) is 14.9 Å². The number of nitrogens with zero attached hydrogens (tertiary/aromatic N) is 4. The third-order valence-corrected chi connectivity index (χ3v) is 5.03. The molecule has 0 fully saturated rings. The van der Waals surface area contributed by atoms with Gasteiger partial charge in [-0.3, -0.25) is 10.1 Å². The van der Waals surface area contributed by atoms with Gasteiger partial charge >= 0.3 is 0 Å². The summed E-state index contributed by atoms with van der Waals surface area (Å²) in [5.41, 5.74) is 2.50. The van der Waals surface area contributed by atoms with Gasteiger partial charge in [0.2, 0.25) is 4.77 Å². The van der Waals surface area contributed by atoms with Crippen molar-refractivity contribution in [3.05, 3.63) is 98.8 Å². The van der Waals surface area contributed by atoms with Crippen molar-refractivity contribution < 1.29 is 4.92 Å². The van der Waals surface area contributed by atoms with Gasteiger partial charge in [0.05, 0.1) is 10.6 Å². The number of benzene rings is 3. The Kier molecular flexibility index (Phi) is 5.60. The first-order valence-corrected chi connectivity index (χ1v) is 9.81. The summed E-state index contributed by atoms with van der Waals surface area (Å²) < 4.78 is 4.11. The van der Waals surface area contributed by atoms with E-state index in [0.29, 0.717) is 22.3 Å². The van der Waals surface area contributed by atoms with E-state index in [1.165, 1.54) is 12.1 Å². The predicted molar refractivity (Wildman–Crippen MR) is 120 cm³/mol. The van der Waals surface area contributed by atoms with E-state index in [2.05, 4.69) is 10.3 Å². The van der Waals surface area contributed by atoms with Gasteiger partial charge in [0.1, 0.15) is 6.67 Å². The van der Waals surface area contributed by atoms with Crippen molar-refractivity contribution in [2.24, 2.45) is 0 Å². The largest absolute Gasteiger partial charge is 0.366 e. The molecule has 0 bridgehead atoms. The van der Waals surface area contributed by atoms with E-state index >= 15 is 0 Å². The maximum absolute atomic E-state index is 11.0. The molecule has 4 rings (SSSR count). The molecule has 0 radical (unpaired) electrons. The number of non-ortho nitro benzene ring substituents is 1. The first-order valence-electron chi connectivity index (χ1n) is 9.02. The molecule has 0 atom stereocenters. The van der Waals surface area contributed by atoms with Crippen molar-refractivity contribution in [3.8, 4) is 17.1 Å². The normalized spacial score (nSPS) is 10.7. The number of anilines is 1. The number of nitrogens with one attached hydrogen (secondary N) is 1. The molecule has 0 aliphatic rings. The molecule has 0 saturated heterocycles. The molecule has 0 aliphatic heterocycles. The molecule has 0 saturated carbocycles. The van der Waals surface area contributed by atoms with Gasteiger partial charge in [-0.15, -0.1) is 0 Å². The molecular formula is C21H16ClN5O2S. The maximum atomic E-state index is 11.0. The fourth-order valence-corrected chi connectivity index (χ4v) is 3.38. The Morgan fingerprint density at radius 2 is 1.67 bits per heavy atom. The molecule has 150 valence electrons. The molecule has 0 aliphatic carbocycles. The highest BCUT2D eigenvalue weighted by Crippen LogP contribution is 2.25. The fourth-order valence-electron chi connectivity index (χ4n) is 3.02. The smallest absolute Gasteiger partial charge is 0.269 e. The molecule has 9 heteroatoms. The van der Waals surface area contributed by atoms with Crippen molar-refractivity contribution >= 4 is 35.2 Å². The van der Waals surface area contributed by atoms with Crippen LogP contribution in [0.1, 0.15) is 0 Å². The van der Waals surface area contributed by atoms with Gasteiger partial charge in [-0.05, 0) is 60.7 Å². The number of aromatic nitrogens is 3. The Morgan fingerprint density at radius 1 is 1.00 bits per heavy atom. The van der Waals surface area contributed by atoms with Gasteiger partial charge < -0.3 is 5.32 Å². The Bertz CT molecular complexity index is 1240. The van der Waals surface area contributed by atoms with Gasteiger partial charge in [-0.25, -0.2) is 9.36 Å². The highest BCUT2D eigenvalue weighted by Gasteiger charge is 2.16. The van der Waals surface area contributed by atoms with E-state index < -0.39 is 4.92 Å². The number of nitro benzene ring substituents is 1. The molecule has 1 N–H and O–H groups in total.